The van der Waals surface area contributed by atoms with Gasteiger partial charge in [-0.2, -0.15) is 10.4 Å². The van der Waals surface area contributed by atoms with Crippen LogP contribution in [0.5, 0.6) is 5.75 Å². The number of hydrazone groups is 1. The van der Waals surface area contributed by atoms with Gasteiger partial charge in [0, 0.05) is 31.0 Å². The third-order valence-corrected chi connectivity index (χ3v) is 4.83. The number of pyridine rings is 1. The molecule has 1 fully saturated rings. The van der Waals surface area contributed by atoms with Gasteiger partial charge in [0.15, 0.2) is 0 Å². The molecule has 2 aliphatic heterocycles. The van der Waals surface area contributed by atoms with E-state index in [1.165, 1.54) is 29.4 Å². The highest BCUT2D eigenvalue weighted by Gasteiger charge is 2.46. The Morgan fingerprint density at radius 2 is 2.00 bits per heavy atom. The van der Waals surface area contributed by atoms with Crippen LogP contribution < -0.4 is 4.74 Å². The van der Waals surface area contributed by atoms with Crippen molar-refractivity contribution in [2.45, 2.75) is 25.0 Å². The fourth-order valence-electron chi connectivity index (χ4n) is 3.57. The normalized spacial score (nSPS) is 19.6. The number of hydrogen-bond acceptors (Lipinski definition) is 5. The number of carbonyl (C=O) groups is 1. The molecule has 1 atom stereocenters. The van der Waals surface area contributed by atoms with Gasteiger partial charge in [-0.05, 0) is 30.7 Å². The SMILES string of the molecule is CC1(Oc2ccnc(C#N)c2)CN(C(=O)N2N=CC[C@H]2c2cc(F)cc(F)c2)C1. The number of nitriles is 1. The lowest BCUT2D eigenvalue weighted by atomic mass is 9.96. The molecule has 29 heavy (non-hydrogen) atoms. The Kier molecular flexibility index (Phi) is 4.62. The molecule has 1 saturated heterocycles. The molecule has 9 heteroatoms. The van der Waals surface area contributed by atoms with Gasteiger partial charge in [-0.25, -0.2) is 23.6 Å². The maximum atomic E-state index is 13.6. The lowest BCUT2D eigenvalue weighted by Crippen LogP contribution is -2.66. The molecule has 1 aromatic heterocycles. The molecule has 0 radical (unpaired) electrons. The Bertz CT molecular complexity index is 1010. The van der Waals surface area contributed by atoms with Crippen LogP contribution in [0.15, 0.2) is 41.6 Å². The number of aromatic nitrogens is 1. The number of urea groups is 1. The Labute approximate surface area is 165 Å². The zero-order chi connectivity index (χ0) is 20.6. The van der Waals surface area contributed by atoms with Crippen molar-refractivity contribution >= 4 is 12.2 Å². The summed E-state index contributed by atoms with van der Waals surface area (Å²) in [6, 6.07) is 7.43. The fraction of sp³-hybridized carbons (Fsp3) is 0.300. The molecular weight excluding hydrogens is 380 g/mol. The number of rotatable bonds is 3. The molecule has 4 rings (SSSR count). The highest BCUT2D eigenvalue weighted by molar-refractivity contribution is 5.79. The highest BCUT2D eigenvalue weighted by Crippen LogP contribution is 2.34. The predicted molar refractivity (Wildman–Crippen MR) is 99.0 cm³/mol. The van der Waals surface area contributed by atoms with Crippen molar-refractivity contribution in [3.8, 4) is 11.8 Å². The number of halogens is 2. The van der Waals surface area contributed by atoms with Crippen molar-refractivity contribution in [1.82, 2.24) is 14.9 Å². The second kappa shape index (κ2) is 7.13. The van der Waals surface area contributed by atoms with Crippen molar-refractivity contribution < 1.29 is 18.3 Å². The summed E-state index contributed by atoms with van der Waals surface area (Å²) in [7, 11) is 0. The van der Waals surface area contributed by atoms with E-state index < -0.39 is 23.3 Å². The minimum absolute atomic E-state index is 0.245. The van der Waals surface area contributed by atoms with Gasteiger partial charge in [-0.1, -0.05) is 0 Å². The van der Waals surface area contributed by atoms with Crippen LogP contribution in [0.1, 0.15) is 30.6 Å². The number of hydrogen-bond donors (Lipinski definition) is 0. The Morgan fingerprint density at radius 1 is 1.28 bits per heavy atom. The van der Waals surface area contributed by atoms with Crippen molar-refractivity contribution in [3.05, 3.63) is 59.4 Å². The van der Waals surface area contributed by atoms with E-state index in [9.17, 15) is 13.6 Å². The lowest BCUT2D eigenvalue weighted by Gasteiger charge is -2.48. The van der Waals surface area contributed by atoms with E-state index in [2.05, 4.69) is 10.1 Å². The maximum absolute atomic E-state index is 13.6. The van der Waals surface area contributed by atoms with E-state index in [1.54, 1.807) is 17.2 Å². The van der Waals surface area contributed by atoms with Crippen LogP contribution in [0, 0.1) is 23.0 Å². The van der Waals surface area contributed by atoms with Crippen LogP contribution in [0.4, 0.5) is 13.6 Å². The van der Waals surface area contributed by atoms with E-state index in [-0.39, 0.29) is 11.7 Å². The standard InChI is InChI=1S/C20H17F2N5O2/c1-20(29-17-2-4-24-16(9-17)10-23)11-26(12-20)19(28)27-18(3-5-25-27)13-6-14(21)8-15(22)7-13/h2,4-9,18H,3,11-12H2,1H3/t18-/m0/s1. The summed E-state index contributed by atoms with van der Waals surface area (Å²) in [6.45, 7) is 2.48. The number of amides is 2. The smallest absolute Gasteiger partial charge is 0.341 e. The summed E-state index contributed by atoms with van der Waals surface area (Å²) in [5.41, 5.74) is -0.0168. The van der Waals surface area contributed by atoms with Gasteiger partial charge >= 0.3 is 6.03 Å². The second-order valence-electron chi connectivity index (χ2n) is 7.28. The molecular formula is C20H17F2N5O2. The maximum Gasteiger partial charge on any atom is 0.341 e. The lowest BCUT2D eigenvalue weighted by molar-refractivity contribution is -0.0482. The van der Waals surface area contributed by atoms with Crippen LogP contribution in [-0.4, -0.2) is 45.8 Å². The highest BCUT2D eigenvalue weighted by atomic mass is 19.1. The van der Waals surface area contributed by atoms with E-state index in [4.69, 9.17) is 10.00 Å². The first kappa shape index (κ1) is 18.8. The van der Waals surface area contributed by atoms with Crippen LogP contribution in [0.3, 0.4) is 0 Å². The molecule has 2 aromatic rings. The molecule has 2 amide bonds. The average molecular weight is 397 g/mol. The zero-order valence-corrected chi connectivity index (χ0v) is 15.5. The number of ether oxygens (including phenoxy) is 1. The molecule has 3 heterocycles. The summed E-state index contributed by atoms with van der Waals surface area (Å²) in [5.74, 6) is -0.893. The number of likely N-dealkylation sites (tertiary alicyclic amines) is 1. The Morgan fingerprint density at radius 3 is 2.69 bits per heavy atom. The molecule has 2 aliphatic rings. The molecule has 0 N–H and O–H groups in total. The van der Waals surface area contributed by atoms with Gasteiger partial charge < -0.3 is 9.64 Å². The minimum Gasteiger partial charge on any atom is -0.484 e. The first-order valence-electron chi connectivity index (χ1n) is 8.99. The van der Waals surface area contributed by atoms with Gasteiger partial charge in [0.1, 0.15) is 34.7 Å². The summed E-state index contributed by atoms with van der Waals surface area (Å²) < 4.78 is 33.1. The summed E-state index contributed by atoms with van der Waals surface area (Å²) in [5, 5.41) is 14.3. The zero-order valence-electron chi connectivity index (χ0n) is 15.5. The Balaban J connectivity index is 1.43. The molecule has 148 valence electrons. The molecule has 0 unspecified atom stereocenters. The van der Waals surface area contributed by atoms with Gasteiger partial charge in [-0.3, -0.25) is 0 Å². The number of benzene rings is 1. The van der Waals surface area contributed by atoms with Crippen LogP contribution in [-0.2, 0) is 0 Å². The van der Waals surface area contributed by atoms with E-state index >= 15 is 0 Å². The second-order valence-corrected chi connectivity index (χ2v) is 7.28. The molecule has 0 spiro atoms. The van der Waals surface area contributed by atoms with Gasteiger partial charge in [0.05, 0.1) is 19.1 Å². The Hall–Kier alpha value is -3.54. The molecule has 0 aliphatic carbocycles. The van der Waals surface area contributed by atoms with E-state index in [1.807, 2.05) is 13.0 Å². The van der Waals surface area contributed by atoms with Crippen LogP contribution >= 0.6 is 0 Å². The number of carbonyl (C=O) groups excluding carboxylic acids is 1. The van der Waals surface area contributed by atoms with Gasteiger partial charge in [0.25, 0.3) is 0 Å². The van der Waals surface area contributed by atoms with Crippen molar-refractivity contribution in [1.29, 1.82) is 5.26 Å². The van der Waals surface area contributed by atoms with Gasteiger partial charge in [0.2, 0.25) is 0 Å². The average Bonchev–Trinajstić information content (AvgIpc) is 3.14. The van der Waals surface area contributed by atoms with E-state index in [0.29, 0.717) is 30.8 Å². The third kappa shape index (κ3) is 3.74. The first-order chi connectivity index (χ1) is 13.9. The third-order valence-electron chi connectivity index (χ3n) is 4.83. The molecule has 1 aromatic carbocycles. The molecule has 0 saturated carbocycles. The van der Waals surface area contributed by atoms with Crippen molar-refractivity contribution in [2.75, 3.05) is 13.1 Å². The van der Waals surface area contributed by atoms with Gasteiger partial charge in [-0.15, -0.1) is 0 Å². The predicted octanol–water partition coefficient (Wildman–Crippen LogP) is 3.24. The van der Waals surface area contributed by atoms with Crippen molar-refractivity contribution in [2.24, 2.45) is 5.10 Å². The first-order valence-corrected chi connectivity index (χ1v) is 8.99. The topological polar surface area (TPSA) is 81.8 Å². The largest absolute Gasteiger partial charge is 0.484 e. The quantitative estimate of drug-likeness (QED) is 0.796. The minimum atomic E-state index is -0.696. The summed E-state index contributed by atoms with van der Waals surface area (Å²) in [6.07, 6.45) is 3.42. The van der Waals surface area contributed by atoms with E-state index in [0.717, 1.165) is 6.07 Å². The summed E-state index contributed by atoms with van der Waals surface area (Å²) >= 11 is 0. The summed E-state index contributed by atoms with van der Waals surface area (Å²) in [4.78, 5) is 18.3. The van der Waals surface area contributed by atoms with Crippen LogP contribution in [0.25, 0.3) is 0 Å². The fourth-order valence-corrected chi connectivity index (χ4v) is 3.57. The van der Waals surface area contributed by atoms with Crippen molar-refractivity contribution in [3.63, 3.8) is 0 Å². The monoisotopic (exact) mass is 397 g/mol. The molecule has 0 bridgehead atoms. The molecule has 7 nitrogen and oxygen atoms in total. The van der Waals surface area contributed by atoms with Crippen LogP contribution in [0.2, 0.25) is 0 Å². The number of nitrogens with zero attached hydrogens (tertiary/aromatic N) is 5.